The summed E-state index contributed by atoms with van der Waals surface area (Å²) in [6.07, 6.45) is 2.78. The van der Waals surface area contributed by atoms with E-state index in [1.807, 2.05) is 25.1 Å². The fraction of sp³-hybridized carbons (Fsp3) is 0.240. The van der Waals surface area contributed by atoms with E-state index in [2.05, 4.69) is 11.4 Å². The van der Waals surface area contributed by atoms with Crippen LogP contribution in [0.2, 0.25) is 5.02 Å². The first-order chi connectivity index (χ1) is 15.3. The lowest BCUT2D eigenvalue weighted by Gasteiger charge is -2.29. The van der Waals surface area contributed by atoms with Gasteiger partial charge in [-0.2, -0.15) is 0 Å². The van der Waals surface area contributed by atoms with Crippen LogP contribution in [0.1, 0.15) is 35.6 Å². The Morgan fingerprint density at radius 3 is 2.56 bits per heavy atom. The summed E-state index contributed by atoms with van der Waals surface area (Å²) in [5.74, 6) is -0.359. The number of amides is 1. The predicted molar refractivity (Wildman–Crippen MR) is 127 cm³/mol. The summed E-state index contributed by atoms with van der Waals surface area (Å²) in [5, 5.41) is 3.44. The second kappa shape index (κ2) is 9.35. The van der Waals surface area contributed by atoms with Crippen molar-refractivity contribution in [3.8, 4) is 0 Å². The van der Waals surface area contributed by atoms with E-state index in [-0.39, 0.29) is 23.4 Å². The third-order valence-corrected chi connectivity index (χ3v) is 7.72. The van der Waals surface area contributed by atoms with Crippen molar-refractivity contribution in [2.45, 2.75) is 37.1 Å². The van der Waals surface area contributed by atoms with E-state index in [0.717, 1.165) is 34.7 Å². The van der Waals surface area contributed by atoms with Crippen molar-refractivity contribution < 1.29 is 13.2 Å². The minimum absolute atomic E-state index is 0.124. The van der Waals surface area contributed by atoms with Gasteiger partial charge in [0, 0.05) is 5.02 Å². The average molecular weight is 469 g/mol. The summed E-state index contributed by atoms with van der Waals surface area (Å²) < 4.78 is 28.1. The highest BCUT2D eigenvalue weighted by Crippen LogP contribution is 2.30. The van der Waals surface area contributed by atoms with Crippen molar-refractivity contribution in [1.29, 1.82) is 0 Å². The van der Waals surface area contributed by atoms with Gasteiger partial charge < -0.3 is 5.32 Å². The predicted octanol–water partition coefficient (Wildman–Crippen LogP) is 5.04. The highest BCUT2D eigenvalue weighted by Gasteiger charge is 2.29. The van der Waals surface area contributed by atoms with Crippen LogP contribution in [0.25, 0.3) is 0 Å². The number of anilines is 1. The highest BCUT2D eigenvalue weighted by molar-refractivity contribution is 7.92. The Kier molecular flexibility index (Phi) is 6.53. The largest absolute Gasteiger partial charge is 0.348 e. The number of rotatable bonds is 6. The smallest absolute Gasteiger partial charge is 0.264 e. The first-order valence-electron chi connectivity index (χ1n) is 10.6. The van der Waals surface area contributed by atoms with Gasteiger partial charge in [-0.05, 0) is 67.6 Å². The molecule has 0 saturated carbocycles. The molecule has 3 aromatic rings. The number of benzene rings is 3. The topological polar surface area (TPSA) is 66.5 Å². The molecule has 0 unspecified atom stereocenters. The molecule has 0 bridgehead atoms. The van der Waals surface area contributed by atoms with Crippen LogP contribution in [0.15, 0.2) is 77.7 Å². The van der Waals surface area contributed by atoms with E-state index in [1.165, 1.54) is 5.56 Å². The molecule has 0 radical (unpaired) electrons. The molecular weight excluding hydrogens is 444 g/mol. The maximum atomic E-state index is 13.5. The molecule has 1 amide bonds. The van der Waals surface area contributed by atoms with Gasteiger partial charge in [0.2, 0.25) is 5.91 Å². The van der Waals surface area contributed by atoms with Crippen molar-refractivity contribution in [2.75, 3.05) is 10.8 Å². The van der Waals surface area contributed by atoms with Crippen LogP contribution in [0.4, 0.5) is 5.69 Å². The lowest BCUT2D eigenvalue weighted by atomic mass is 9.88. The Balaban J connectivity index is 1.63. The van der Waals surface area contributed by atoms with E-state index in [0.29, 0.717) is 10.7 Å². The average Bonchev–Trinajstić information content (AvgIpc) is 2.78. The molecule has 4 rings (SSSR count). The van der Waals surface area contributed by atoms with E-state index in [4.69, 9.17) is 11.6 Å². The van der Waals surface area contributed by atoms with Crippen LogP contribution in [0.3, 0.4) is 0 Å². The van der Waals surface area contributed by atoms with Crippen LogP contribution >= 0.6 is 11.6 Å². The van der Waals surface area contributed by atoms with Crippen LogP contribution in [0.5, 0.6) is 0 Å². The summed E-state index contributed by atoms with van der Waals surface area (Å²) in [4.78, 5) is 13.2. The van der Waals surface area contributed by atoms with Crippen LogP contribution in [0, 0.1) is 6.92 Å². The summed E-state index contributed by atoms with van der Waals surface area (Å²) >= 11 is 6.13. The molecule has 32 heavy (non-hydrogen) atoms. The lowest BCUT2D eigenvalue weighted by molar-refractivity contribution is -0.120. The number of aryl methyl sites for hydroxylation is 2. The Hall–Kier alpha value is -2.83. The fourth-order valence-electron chi connectivity index (χ4n) is 4.06. The normalized spacial score (nSPS) is 15.6. The maximum absolute atomic E-state index is 13.5. The van der Waals surface area contributed by atoms with Crippen molar-refractivity contribution in [3.63, 3.8) is 0 Å². The van der Waals surface area contributed by atoms with Gasteiger partial charge in [0.05, 0.1) is 16.6 Å². The first-order valence-corrected chi connectivity index (χ1v) is 12.4. The third kappa shape index (κ3) is 4.81. The van der Waals surface area contributed by atoms with Crippen LogP contribution < -0.4 is 9.62 Å². The van der Waals surface area contributed by atoms with Crippen molar-refractivity contribution >= 4 is 33.2 Å². The zero-order valence-electron chi connectivity index (χ0n) is 17.8. The number of sulfonamides is 1. The minimum atomic E-state index is -3.97. The van der Waals surface area contributed by atoms with Gasteiger partial charge in [0.25, 0.3) is 10.0 Å². The van der Waals surface area contributed by atoms with Gasteiger partial charge in [-0.3, -0.25) is 9.10 Å². The van der Waals surface area contributed by atoms with E-state index in [1.54, 1.807) is 48.5 Å². The molecule has 7 heteroatoms. The SMILES string of the molecule is Cc1ccc(S(=O)(=O)N(CC(=O)N[C@@H]2CCCc3ccccc32)c2cccc(Cl)c2)cc1. The zero-order valence-corrected chi connectivity index (χ0v) is 19.4. The quantitative estimate of drug-likeness (QED) is 0.551. The van der Waals surface area contributed by atoms with Gasteiger partial charge in [-0.25, -0.2) is 8.42 Å². The molecule has 0 saturated heterocycles. The molecule has 3 aromatic carbocycles. The molecule has 5 nitrogen and oxygen atoms in total. The van der Waals surface area contributed by atoms with Crippen molar-refractivity contribution in [1.82, 2.24) is 5.32 Å². The molecule has 1 atom stereocenters. The van der Waals surface area contributed by atoms with E-state index < -0.39 is 10.0 Å². The zero-order chi connectivity index (χ0) is 22.7. The second-order valence-corrected chi connectivity index (χ2v) is 10.3. The molecular formula is C25H25ClN2O3S. The summed E-state index contributed by atoms with van der Waals surface area (Å²) in [5.41, 5.74) is 3.62. The van der Waals surface area contributed by atoms with Crippen LogP contribution in [-0.4, -0.2) is 20.9 Å². The van der Waals surface area contributed by atoms with Crippen molar-refractivity contribution in [2.24, 2.45) is 0 Å². The number of hydrogen-bond donors (Lipinski definition) is 1. The third-order valence-electron chi connectivity index (χ3n) is 5.70. The molecule has 1 aliphatic carbocycles. The Bertz CT molecular complexity index is 1230. The minimum Gasteiger partial charge on any atom is -0.348 e. The van der Waals surface area contributed by atoms with Crippen molar-refractivity contribution in [3.05, 3.63) is 94.5 Å². The molecule has 1 N–H and O–H groups in total. The summed E-state index contributed by atoms with van der Waals surface area (Å²) in [6.45, 7) is 1.55. The number of hydrogen-bond acceptors (Lipinski definition) is 3. The number of halogens is 1. The first kappa shape index (κ1) is 22.4. The van der Waals surface area contributed by atoms with Gasteiger partial charge in [0.1, 0.15) is 6.54 Å². The summed E-state index contributed by atoms with van der Waals surface area (Å²) in [7, 11) is -3.97. The molecule has 166 valence electrons. The van der Waals surface area contributed by atoms with Gasteiger partial charge in [-0.15, -0.1) is 0 Å². The Labute approximate surface area is 194 Å². The molecule has 0 fully saturated rings. The Morgan fingerprint density at radius 2 is 1.81 bits per heavy atom. The molecule has 0 aromatic heterocycles. The molecule has 0 spiro atoms. The molecule has 0 aliphatic heterocycles. The molecule has 0 heterocycles. The fourth-order valence-corrected chi connectivity index (χ4v) is 5.66. The number of carbonyl (C=O) groups is 1. The van der Waals surface area contributed by atoms with E-state index >= 15 is 0 Å². The maximum Gasteiger partial charge on any atom is 0.264 e. The summed E-state index contributed by atoms with van der Waals surface area (Å²) in [6, 6.07) is 21.0. The number of fused-ring (bicyclic) bond motifs is 1. The number of carbonyl (C=O) groups excluding carboxylic acids is 1. The molecule has 1 aliphatic rings. The lowest BCUT2D eigenvalue weighted by Crippen LogP contribution is -2.42. The Morgan fingerprint density at radius 1 is 1.06 bits per heavy atom. The highest BCUT2D eigenvalue weighted by atomic mass is 35.5. The van der Waals surface area contributed by atoms with Gasteiger partial charge in [0.15, 0.2) is 0 Å². The van der Waals surface area contributed by atoms with Gasteiger partial charge >= 0.3 is 0 Å². The van der Waals surface area contributed by atoms with E-state index in [9.17, 15) is 13.2 Å². The standard InChI is InChI=1S/C25H25ClN2O3S/c1-18-12-14-22(15-13-18)32(30,31)28(21-9-5-8-20(26)16-21)17-25(29)27-24-11-4-7-19-6-2-3-10-23(19)24/h2-3,5-6,8-10,12-16,24H,4,7,11,17H2,1H3,(H,27,29)/t24-/m1/s1. The van der Waals surface area contributed by atoms with Gasteiger partial charge in [-0.1, -0.05) is 59.6 Å². The monoisotopic (exact) mass is 468 g/mol. The second-order valence-electron chi connectivity index (χ2n) is 8.02. The number of nitrogens with zero attached hydrogens (tertiary/aromatic N) is 1. The number of nitrogens with one attached hydrogen (secondary N) is 1. The van der Waals surface area contributed by atoms with Crippen LogP contribution in [-0.2, 0) is 21.2 Å².